The second-order valence-electron chi connectivity index (χ2n) is 5.57. The number of halogens is 1. The van der Waals surface area contributed by atoms with Crippen LogP contribution < -0.4 is 14.8 Å². The molecule has 6 nitrogen and oxygen atoms in total. The number of carbonyl (C=O) groups is 1. The lowest BCUT2D eigenvalue weighted by Gasteiger charge is -2.11. The molecule has 0 aromatic heterocycles. The first-order chi connectivity index (χ1) is 12.3. The first kappa shape index (κ1) is 19.9. The van der Waals surface area contributed by atoms with E-state index in [0.29, 0.717) is 18.5 Å². The highest BCUT2D eigenvalue weighted by molar-refractivity contribution is 7.89. The second-order valence-corrected chi connectivity index (χ2v) is 7.46. The van der Waals surface area contributed by atoms with E-state index in [1.165, 1.54) is 31.3 Å². The Bertz CT molecular complexity index is 885. The molecule has 2 aromatic rings. The predicted molar refractivity (Wildman–Crippen MR) is 96.3 cm³/mol. The van der Waals surface area contributed by atoms with Gasteiger partial charge in [0.2, 0.25) is 10.0 Å². The van der Waals surface area contributed by atoms with Crippen LogP contribution in [0.5, 0.6) is 5.75 Å². The molecule has 0 radical (unpaired) electrons. The number of hydrogen-bond donors (Lipinski definition) is 2. The molecule has 0 unspecified atom stereocenters. The van der Waals surface area contributed by atoms with E-state index in [4.69, 9.17) is 4.74 Å². The number of nitrogens with one attached hydrogen (secondary N) is 2. The number of hydrogen-bond acceptors (Lipinski definition) is 4. The van der Waals surface area contributed by atoms with Gasteiger partial charge in [-0.05, 0) is 50.2 Å². The van der Waals surface area contributed by atoms with Crippen molar-refractivity contribution in [2.24, 2.45) is 0 Å². The number of carbonyl (C=O) groups excluding carboxylic acids is 1. The quantitative estimate of drug-likeness (QED) is 0.688. The molecule has 2 rings (SSSR count). The Morgan fingerprint density at radius 1 is 1.19 bits per heavy atom. The van der Waals surface area contributed by atoms with Gasteiger partial charge in [-0.25, -0.2) is 17.5 Å². The van der Waals surface area contributed by atoms with Gasteiger partial charge in [-0.2, -0.15) is 0 Å². The van der Waals surface area contributed by atoms with Crippen molar-refractivity contribution in [2.75, 3.05) is 20.2 Å². The maximum Gasteiger partial charge on any atom is 0.251 e. The number of ether oxygens (including phenoxy) is 1. The molecule has 0 bridgehead atoms. The summed E-state index contributed by atoms with van der Waals surface area (Å²) in [5.74, 6) is -0.643. The van der Waals surface area contributed by atoms with Crippen LogP contribution >= 0.6 is 0 Å². The molecule has 26 heavy (non-hydrogen) atoms. The van der Waals surface area contributed by atoms with Crippen LogP contribution in [0.15, 0.2) is 47.4 Å². The minimum atomic E-state index is -3.62. The summed E-state index contributed by atoms with van der Waals surface area (Å²) in [6, 6.07) is 10.5. The number of amides is 1. The van der Waals surface area contributed by atoms with Crippen molar-refractivity contribution >= 4 is 15.9 Å². The van der Waals surface area contributed by atoms with E-state index in [0.717, 1.165) is 0 Å². The van der Waals surface area contributed by atoms with Gasteiger partial charge in [-0.3, -0.25) is 4.79 Å². The Labute approximate surface area is 152 Å². The minimum absolute atomic E-state index is 0.0265. The monoisotopic (exact) mass is 380 g/mol. The van der Waals surface area contributed by atoms with E-state index in [1.807, 2.05) is 0 Å². The standard InChI is InChI=1S/C18H21FN2O4S/c1-13-8-9-14(26(23,24)20-2)12-15(13)18(22)21-10-5-11-25-17-7-4-3-6-16(17)19/h3-4,6-9,12,20H,5,10-11H2,1-2H3,(H,21,22). The summed E-state index contributed by atoms with van der Waals surface area (Å²) in [5.41, 5.74) is 0.955. The van der Waals surface area contributed by atoms with Gasteiger partial charge in [0, 0.05) is 12.1 Å². The predicted octanol–water partition coefficient (Wildman–Crippen LogP) is 2.24. The molecule has 0 aliphatic rings. The zero-order valence-corrected chi connectivity index (χ0v) is 15.4. The Morgan fingerprint density at radius 3 is 2.62 bits per heavy atom. The zero-order chi connectivity index (χ0) is 19.2. The summed E-state index contributed by atoms with van der Waals surface area (Å²) in [4.78, 5) is 12.3. The van der Waals surface area contributed by atoms with Crippen LogP contribution in [0.3, 0.4) is 0 Å². The van der Waals surface area contributed by atoms with Crippen molar-refractivity contribution in [3.8, 4) is 5.75 Å². The summed E-state index contributed by atoms with van der Waals surface area (Å²) in [7, 11) is -2.31. The molecule has 0 heterocycles. The van der Waals surface area contributed by atoms with Gasteiger partial charge >= 0.3 is 0 Å². The molecule has 0 saturated carbocycles. The molecular formula is C18H21FN2O4S. The summed E-state index contributed by atoms with van der Waals surface area (Å²) in [5, 5.41) is 2.71. The summed E-state index contributed by atoms with van der Waals surface area (Å²) < 4.78 is 44.7. The van der Waals surface area contributed by atoms with Crippen LogP contribution in [-0.2, 0) is 10.0 Å². The average Bonchev–Trinajstić information content (AvgIpc) is 2.63. The normalized spacial score (nSPS) is 11.2. The highest BCUT2D eigenvalue weighted by Crippen LogP contribution is 2.16. The van der Waals surface area contributed by atoms with E-state index >= 15 is 0 Å². The Balaban J connectivity index is 1.90. The maximum atomic E-state index is 13.4. The van der Waals surface area contributed by atoms with Crippen LogP contribution in [-0.4, -0.2) is 34.5 Å². The topological polar surface area (TPSA) is 84.5 Å². The third-order valence-electron chi connectivity index (χ3n) is 3.73. The zero-order valence-electron chi connectivity index (χ0n) is 14.6. The lowest BCUT2D eigenvalue weighted by atomic mass is 10.1. The smallest absolute Gasteiger partial charge is 0.251 e. The highest BCUT2D eigenvalue weighted by Gasteiger charge is 2.16. The molecule has 0 aliphatic carbocycles. The van der Waals surface area contributed by atoms with Crippen LogP contribution in [0.4, 0.5) is 4.39 Å². The van der Waals surface area contributed by atoms with Crippen molar-refractivity contribution in [1.29, 1.82) is 0 Å². The van der Waals surface area contributed by atoms with E-state index in [2.05, 4.69) is 10.0 Å². The molecule has 2 N–H and O–H groups in total. The van der Waals surface area contributed by atoms with Crippen molar-refractivity contribution < 1.29 is 22.3 Å². The molecule has 0 aliphatic heterocycles. The number of aryl methyl sites for hydroxylation is 1. The van der Waals surface area contributed by atoms with Crippen molar-refractivity contribution in [3.05, 3.63) is 59.4 Å². The van der Waals surface area contributed by atoms with E-state index in [-0.39, 0.29) is 28.7 Å². The maximum absolute atomic E-state index is 13.4. The first-order valence-corrected chi connectivity index (χ1v) is 9.53. The Morgan fingerprint density at radius 2 is 1.92 bits per heavy atom. The average molecular weight is 380 g/mol. The molecule has 2 aromatic carbocycles. The molecule has 140 valence electrons. The number of sulfonamides is 1. The molecule has 0 fully saturated rings. The fraction of sp³-hybridized carbons (Fsp3) is 0.278. The number of rotatable bonds is 8. The summed E-state index contributed by atoms with van der Waals surface area (Å²) in [6.45, 7) is 2.29. The van der Waals surface area contributed by atoms with E-state index < -0.39 is 15.8 Å². The van der Waals surface area contributed by atoms with Crippen LogP contribution in [0.2, 0.25) is 0 Å². The van der Waals surface area contributed by atoms with E-state index in [9.17, 15) is 17.6 Å². The minimum Gasteiger partial charge on any atom is -0.490 e. The van der Waals surface area contributed by atoms with Gasteiger partial charge in [0.25, 0.3) is 5.91 Å². The molecule has 8 heteroatoms. The number of para-hydroxylation sites is 1. The van der Waals surface area contributed by atoms with Crippen LogP contribution in [0.25, 0.3) is 0 Å². The molecular weight excluding hydrogens is 359 g/mol. The molecule has 0 atom stereocenters. The van der Waals surface area contributed by atoms with Gasteiger partial charge in [-0.1, -0.05) is 18.2 Å². The lowest BCUT2D eigenvalue weighted by molar-refractivity contribution is 0.0950. The van der Waals surface area contributed by atoms with Crippen LogP contribution in [0.1, 0.15) is 22.3 Å². The van der Waals surface area contributed by atoms with Crippen LogP contribution in [0, 0.1) is 12.7 Å². The first-order valence-electron chi connectivity index (χ1n) is 8.05. The third-order valence-corrected chi connectivity index (χ3v) is 5.15. The van der Waals surface area contributed by atoms with Gasteiger partial charge in [0.15, 0.2) is 11.6 Å². The van der Waals surface area contributed by atoms with Gasteiger partial charge < -0.3 is 10.1 Å². The fourth-order valence-electron chi connectivity index (χ4n) is 2.24. The highest BCUT2D eigenvalue weighted by atomic mass is 32.2. The Kier molecular flexibility index (Phi) is 6.70. The van der Waals surface area contributed by atoms with Gasteiger partial charge in [0.05, 0.1) is 11.5 Å². The second kappa shape index (κ2) is 8.77. The Hall–Kier alpha value is -2.45. The molecule has 0 saturated heterocycles. The van der Waals surface area contributed by atoms with Crippen molar-refractivity contribution in [1.82, 2.24) is 10.0 Å². The summed E-state index contributed by atoms with van der Waals surface area (Å²) in [6.07, 6.45) is 0.480. The molecule has 1 amide bonds. The van der Waals surface area contributed by atoms with Crippen molar-refractivity contribution in [2.45, 2.75) is 18.2 Å². The van der Waals surface area contributed by atoms with Crippen molar-refractivity contribution in [3.63, 3.8) is 0 Å². The SMILES string of the molecule is CNS(=O)(=O)c1ccc(C)c(C(=O)NCCCOc2ccccc2F)c1. The third kappa shape index (κ3) is 5.03. The molecule has 0 spiro atoms. The van der Waals surface area contributed by atoms with Gasteiger partial charge in [0.1, 0.15) is 0 Å². The van der Waals surface area contributed by atoms with Gasteiger partial charge in [-0.15, -0.1) is 0 Å². The fourth-order valence-corrected chi connectivity index (χ4v) is 3.00. The summed E-state index contributed by atoms with van der Waals surface area (Å²) >= 11 is 0. The number of benzene rings is 2. The van der Waals surface area contributed by atoms with E-state index in [1.54, 1.807) is 25.1 Å². The lowest BCUT2D eigenvalue weighted by Crippen LogP contribution is -2.27. The largest absolute Gasteiger partial charge is 0.490 e.